The topological polar surface area (TPSA) is 68.5 Å². The molecule has 132 valence electrons. The molecule has 6 heteroatoms. The Morgan fingerprint density at radius 2 is 2.00 bits per heavy atom. The molecule has 5 rings (SSSR count). The third kappa shape index (κ3) is 2.60. The number of nitrogens with one attached hydrogen (secondary N) is 1. The summed E-state index contributed by atoms with van der Waals surface area (Å²) in [4.78, 5) is 0. The van der Waals surface area contributed by atoms with Crippen molar-refractivity contribution in [2.45, 2.75) is 56.4 Å². The zero-order chi connectivity index (χ0) is 17.0. The number of hydrogen-bond acceptors (Lipinski definition) is 5. The van der Waals surface area contributed by atoms with Crippen LogP contribution in [0.15, 0.2) is 36.7 Å². The summed E-state index contributed by atoms with van der Waals surface area (Å²) < 4.78 is 13.6. The van der Waals surface area contributed by atoms with Crippen LogP contribution in [0.25, 0.3) is 0 Å². The van der Waals surface area contributed by atoms with E-state index in [1.807, 2.05) is 13.1 Å². The molecule has 2 fully saturated rings. The number of rotatable bonds is 3. The van der Waals surface area contributed by atoms with Gasteiger partial charge in [0.1, 0.15) is 12.1 Å². The Morgan fingerprint density at radius 1 is 1.24 bits per heavy atom. The van der Waals surface area contributed by atoms with Crippen LogP contribution < -0.4 is 5.32 Å². The fourth-order valence-electron chi connectivity index (χ4n) is 4.43. The quantitative estimate of drug-likeness (QED) is 0.871. The van der Waals surface area contributed by atoms with Gasteiger partial charge in [0.2, 0.25) is 0 Å². The number of benzene rings is 1. The lowest BCUT2D eigenvalue weighted by atomic mass is 9.95. The van der Waals surface area contributed by atoms with Crippen molar-refractivity contribution >= 4 is 0 Å². The fourth-order valence-corrected chi connectivity index (χ4v) is 4.43. The van der Waals surface area contributed by atoms with Gasteiger partial charge in [-0.15, -0.1) is 0 Å². The zero-order valence-electron chi connectivity index (χ0n) is 14.2. The number of aliphatic hydroxyl groups excluding tert-OH is 1. The molecule has 2 saturated heterocycles. The lowest BCUT2D eigenvalue weighted by Gasteiger charge is -2.40. The van der Waals surface area contributed by atoms with Crippen LogP contribution in [-0.2, 0) is 22.3 Å². The first-order valence-corrected chi connectivity index (χ1v) is 8.98. The highest BCUT2D eigenvalue weighted by molar-refractivity contribution is 5.33. The number of aryl methyl sites for hydroxylation is 1. The Kier molecular flexibility index (Phi) is 3.67. The van der Waals surface area contributed by atoms with Crippen LogP contribution in [0.1, 0.15) is 22.7 Å². The van der Waals surface area contributed by atoms with E-state index in [-0.39, 0.29) is 18.2 Å². The Hall–Kier alpha value is -1.73. The molecule has 0 saturated carbocycles. The van der Waals surface area contributed by atoms with Crippen LogP contribution in [0.5, 0.6) is 0 Å². The SMILES string of the molecule is Cc1cnn([C@H]2[C@@H]3OC[C@@H](O3)[C@@H](NC3Cc4ccccc4C3)[C@@H]2O)c1. The summed E-state index contributed by atoms with van der Waals surface area (Å²) in [7, 11) is 0. The summed E-state index contributed by atoms with van der Waals surface area (Å²) in [6.45, 7) is 2.50. The Bertz CT molecular complexity index is 752. The largest absolute Gasteiger partial charge is 0.389 e. The summed E-state index contributed by atoms with van der Waals surface area (Å²) >= 11 is 0. The molecule has 1 aromatic carbocycles. The van der Waals surface area contributed by atoms with Crippen molar-refractivity contribution in [2.75, 3.05) is 6.61 Å². The highest BCUT2D eigenvalue weighted by Crippen LogP contribution is 2.36. The molecule has 1 aromatic heterocycles. The fraction of sp³-hybridized carbons (Fsp3) is 0.526. The third-order valence-electron chi connectivity index (χ3n) is 5.65. The average Bonchev–Trinajstić information content (AvgIpc) is 3.30. The predicted octanol–water partition coefficient (Wildman–Crippen LogP) is 0.974. The van der Waals surface area contributed by atoms with Crippen LogP contribution in [0.3, 0.4) is 0 Å². The third-order valence-corrected chi connectivity index (χ3v) is 5.65. The molecule has 25 heavy (non-hydrogen) atoms. The van der Waals surface area contributed by atoms with E-state index in [0.717, 1.165) is 18.4 Å². The van der Waals surface area contributed by atoms with Gasteiger partial charge in [-0.25, -0.2) is 0 Å². The lowest BCUT2D eigenvalue weighted by molar-refractivity contribution is -0.169. The second kappa shape index (κ2) is 5.92. The van der Waals surface area contributed by atoms with Crippen molar-refractivity contribution in [1.82, 2.24) is 15.1 Å². The minimum absolute atomic E-state index is 0.114. The van der Waals surface area contributed by atoms with Gasteiger partial charge in [0, 0.05) is 12.2 Å². The van der Waals surface area contributed by atoms with Gasteiger partial charge in [0.15, 0.2) is 6.29 Å². The van der Waals surface area contributed by atoms with Gasteiger partial charge in [0.05, 0.1) is 24.9 Å². The first-order valence-electron chi connectivity index (χ1n) is 8.98. The smallest absolute Gasteiger partial charge is 0.183 e. The minimum Gasteiger partial charge on any atom is -0.389 e. The molecule has 2 aliphatic heterocycles. The normalized spacial score (nSPS) is 34.4. The maximum Gasteiger partial charge on any atom is 0.183 e. The first kappa shape index (κ1) is 15.5. The maximum absolute atomic E-state index is 11.1. The second-order valence-electron chi connectivity index (χ2n) is 7.42. The molecule has 0 amide bonds. The van der Waals surface area contributed by atoms with Crippen LogP contribution in [0.2, 0.25) is 0 Å². The van der Waals surface area contributed by atoms with Gasteiger partial charge in [-0.3, -0.25) is 4.68 Å². The Morgan fingerprint density at radius 3 is 2.68 bits per heavy atom. The van der Waals surface area contributed by atoms with Gasteiger partial charge in [-0.1, -0.05) is 24.3 Å². The van der Waals surface area contributed by atoms with Gasteiger partial charge in [-0.2, -0.15) is 5.10 Å². The lowest BCUT2D eigenvalue weighted by Crippen LogP contribution is -2.59. The number of fused-ring (bicyclic) bond motifs is 3. The standard InChI is InChI=1S/C19H23N3O3/c1-11-8-20-22(9-11)17-18(23)16(15-10-24-19(17)25-15)21-14-6-12-4-2-3-5-13(12)7-14/h2-5,8-9,14-19,21,23H,6-7,10H2,1H3/t15-,16-,17-,18+,19-/m1/s1. The van der Waals surface area contributed by atoms with Gasteiger partial charge < -0.3 is 19.9 Å². The molecular weight excluding hydrogens is 318 g/mol. The summed E-state index contributed by atoms with van der Waals surface area (Å²) in [5.74, 6) is 0. The van der Waals surface area contributed by atoms with Crippen molar-refractivity contribution in [3.05, 3.63) is 53.3 Å². The molecule has 3 aliphatic rings. The van der Waals surface area contributed by atoms with E-state index in [2.05, 4.69) is 34.7 Å². The zero-order valence-corrected chi connectivity index (χ0v) is 14.2. The summed E-state index contributed by atoms with van der Waals surface area (Å²) in [5.41, 5.74) is 3.85. The number of aliphatic hydroxyl groups is 1. The molecule has 2 N–H and O–H groups in total. The monoisotopic (exact) mass is 341 g/mol. The molecule has 1 aliphatic carbocycles. The molecule has 0 spiro atoms. The van der Waals surface area contributed by atoms with E-state index >= 15 is 0 Å². The van der Waals surface area contributed by atoms with Gasteiger partial charge >= 0.3 is 0 Å². The molecule has 0 unspecified atom stereocenters. The molecule has 2 bridgehead atoms. The van der Waals surface area contributed by atoms with E-state index in [4.69, 9.17) is 9.47 Å². The Balaban J connectivity index is 1.36. The first-order chi connectivity index (χ1) is 12.2. The molecular formula is C19H23N3O3. The molecule has 3 heterocycles. The number of hydrogen-bond donors (Lipinski definition) is 2. The van der Waals surface area contributed by atoms with Crippen molar-refractivity contribution < 1.29 is 14.6 Å². The number of nitrogens with zero attached hydrogens (tertiary/aromatic N) is 2. The van der Waals surface area contributed by atoms with Crippen molar-refractivity contribution in [3.63, 3.8) is 0 Å². The summed E-state index contributed by atoms with van der Waals surface area (Å²) in [6, 6.07) is 8.39. The van der Waals surface area contributed by atoms with Crippen molar-refractivity contribution in [1.29, 1.82) is 0 Å². The molecule has 2 aromatic rings. The molecule has 6 nitrogen and oxygen atoms in total. The van der Waals surface area contributed by atoms with Crippen molar-refractivity contribution in [2.24, 2.45) is 0 Å². The second-order valence-corrected chi connectivity index (χ2v) is 7.42. The Labute approximate surface area is 146 Å². The van der Waals surface area contributed by atoms with E-state index in [9.17, 15) is 5.11 Å². The summed E-state index contributed by atoms with van der Waals surface area (Å²) in [6.07, 6.45) is 4.55. The van der Waals surface area contributed by atoms with Crippen LogP contribution in [-0.4, -0.2) is 52.1 Å². The van der Waals surface area contributed by atoms with Gasteiger partial charge in [0.25, 0.3) is 0 Å². The maximum atomic E-state index is 11.1. The average molecular weight is 341 g/mol. The minimum atomic E-state index is -0.603. The van der Waals surface area contributed by atoms with E-state index in [0.29, 0.717) is 12.6 Å². The van der Waals surface area contributed by atoms with E-state index < -0.39 is 12.4 Å². The number of aromatic nitrogens is 2. The highest BCUT2D eigenvalue weighted by atomic mass is 16.7. The van der Waals surface area contributed by atoms with Crippen LogP contribution in [0.4, 0.5) is 0 Å². The van der Waals surface area contributed by atoms with Crippen LogP contribution in [0, 0.1) is 6.92 Å². The molecule has 5 atom stereocenters. The molecule has 0 radical (unpaired) electrons. The predicted molar refractivity (Wildman–Crippen MR) is 91.2 cm³/mol. The van der Waals surface area contributed by atoms with Gasteiger partial charge in [-0.05, 0) is 36.5 Å². The van der Waals surface area contributed by atoms with Crippen LogP contribution >= 0.6 is 0 Å². The summed E-state index contributed by atoms with van der Waals surface area (Å²) in [5, 5.41) is 19.1. The van der Waals surface area contributed by atoms with Crippen molar-refractivity contribution in [3.8, 4) is 0 Å². The van der Waals surface area contributed by atoms with E-state index in [1.165, 1.54) is 11.1 Å². The van der Waals surface area contributed by atoms with E-state index in [1.54, 1.807) is 10.9 Å². The number of ether oxygens (including phenoxy) is 2. The highest BCUT2D eigenvalue weighted by Gasteiger charge is 2.51.